The van der Waals surface area contributed by atoms with Gasteiger partial charge in [0.2, 0.25) is 0 Å². The van der Waals surface area contributed by atoms with Crippen molar-refractivity contribution in [2.45, 2.75) is 25.8 Å². The Labute approximate surface area is 149 Å². The first kappa shape index (κ1) is 16.4. The quantitative estimate of drug-likeness (QED) is 0.801. The third kappa shape index (κ3) is 3.40. The van der Waals surface area contributed by atoms with E-state index in [-0.39, 0.29) is 5.54 Å². The van der Waals surface area contributed by atoms with Crippen molar-refractivity contribution >= 4 is 39.9 Å². The number of aromatic nitrogens is 1. The molecule has 0 spiro atoms. The summed E-state index contributed by atoms with van der Waals surface area (Å²) in [4.78, 5) is 11.0. The third-order valence-electron chi connectivity index (χ3n) is 3.66. The summed E-state index contributed by atoms with van der Waals surface area (Å²) in [7, 11) is 0. The topological polar surface area (TPSA) is 51.3 Å². The van der Waals surface area contributed by atoms with E-state index in [2.05, 4.69) is 28.7 Å². The van der Waals surface area contributed by atoms with Crippen molar-refractivity contribution in [3.8, 4) is 22.3 Å². The molecule has 0 aliphatic carbocycles. The maximum Gasteiger partial charge on any atom is 0.154 e. The van der Waals surface area contributed by atoms with Crippen LogP contribution in [-0.2, 0) is 5.54 Å². The van der Waals surface area contributed by atoms with Gasteiger partial charge in [0.1, 0.15) is 0 Å². The number of thioether (sulfide) groups is 1. The van der Waals surface area contributed by atoms with Gasteiger partial charge in [-0.2, -0.15) is 0 Å². The van der Waals surface area contributed by atoms with Crippen LogP contribution in [0.1, 0.15) is 30.7 Å². The molecule has 2 aromatic heterocycles. The van der Waals surface area contributed by atoms with Gasteiger partial charge in [0.25, 0.3) is 0 Å². The first-order chi connectivity index (χ1) is 11.0. The largest absolute Gasteiger partial charge is 0.379 e. The van der Waals surface area contributed by atoms with Crippen LogP contribution in [-0.4, -0.2) is 15.9 Å². The minimum absolute atomic E-state index is 0.344. The summed E-state index contributed by atoms with van der Waals surface area (Å²) < 4.78 is 0. The fraction of sp³-hybridized carbons (Fsp3) is 0.294. The molecule has 0 radical (unpaired) electrons. The fourth-order valence-electron chi connectivity index (χ4n) is 2.52. The van der Waals surface area contributed by atoms with Crippen LogP contribution in [0.4, 0.5) is 0 Å². The molecule has 1 atom stereocenters. The smallest absolute Gasteiger partial charge is 0.154 e. The Hall–Kier alpha value is -1.48. The lowest BCUT2D eigenvalue weighted by molar-refractivity contribution is 0.492. The number of hydrogen-bond donors (Lipinski definition) is 1. The maximum absolute atomic E-state index is 6.51. The summed E-state index contributed by atoms with van der Waals surface area (Å²) >= 11 is 9.76. The average Bonchev–Trinajstić information content (AvgIpc) is 2.91. The van der Waals surface area contributed by atoms with Gasteiger partial charge in [-0.15, -0.1) is 17.3 Å². The summed E-state index contributed by atoms with van der Waals surface area (Å²) in [6, 6.07) is 4.02. The predicted molar refractivity (Wildman–Crippen MR) is 101 cm³/mol. The van der Waals surface area contributed by atoms with Crippen LogP contribution in [0.3, 0.4) is 0 Å². The van der Waals surface area contributed by atoms with Crippen molar-refractivity contribution < 1.29 is 0 Å². The molecule has 1 aliphatic heterocycles. The predicted octanol–water partition coefficient (Wildman–Crippen LogP) is 4.50. The summed E-state index contributed by atoms with van der Waals surface area (Å²) in [5.74, 6) is 6.89. The summed E-state index contributed by atoms with van der Waals surface area (Å²) in [6.45, 7) is 3.91. The van der Waals surface area contributed by atoms with Crippen molar-refractivity contribution in [2.24, 2.45) is 10.7 Å². The van der Waals surface area contributed by atoms with E-state index in [4.69, 9.17) is 17.3 Å². The summed E-state index contributed by atoms with van der Waals surface area (Å²) in [5.41, 5.74) is 7.50. The number of nitrogens with two attached hydrogens (primary N) is 1. The van der Waals surface area contributed by atoms with E-state index < -0.39 is 0 Å². The molecule has 0 amide bonds. The Kier molecular flexibility index (Phi) is 4.67. The number of thiophene rings is 1. The molecule has 0 saturated carbocycles. The van der Waals surface area contributed by atoms with Gasteiger partial charge < -0.3 is 5.73 Å². The number of amidine groups is 1. The lowest BCUT2D eigenvalue weighted by atomic mass is 9.97. The van der Waals surface area contributed by atoms with E-state index in [9.17, 15) is 0 Å². The van der Waals surface area contributed by atoms with Crippen LogP contribution in [0.2, 0.25) is 5.02 Å². The molecule has 23 heavy (non-hydrogen) atoms. The van der Waals surface area contributed by atoms with Crippen molar-refractivity contribution in [1.82, 2.24) is 4.98 Å². The second kappa shape index (κ2) is 6.56. The Morgan fingerprint density at radius 1 is 1.35 bits per heavy atom. The zero-order valence-corrected chi connectivity index (χ0v) is 15.3. The SMILES string of the molecule is CC#Cc1cncc(-c2cc(Cl)c([C@]3(C)CCSC(N)=N3)s2)c1. The molecule has 118 valence electrons. The first-order valence-electron chi connectivity index (χ1n) is 7.18. The minimum Gasteiger partial charge on any atom is -0.379 e. The second-order valence-electron chi connectivity index (χ2n) is 5.45. The normalized spacial score (nSPS) is 20.6. The molecular formula is C17H16ClN3S2. The fourth-order valence-corrected chi connectivity index (χ4v) is 5.13. The average molecular weight is 362 g/mol. The molecule has 0 aromatic carbocycles. The van der Waals surface area contributed by atoms with E-state index in [0.29, 0.717) is 5.17 Å². The van der Waals surface area contributed by atoms with Gasteiger partial charge in [-0.3, -0.25) is 9.98 Å². The van der Waals surface area contributed by atoms with Gasteiger partial charge in [-0.1, -0.05) is 29.3 Å². The molecular weight excluding hydrogens is 346 g/mol. The maximum atomic E-state index is 6.51. The molecule has 3 heterocycles. The molecule has 0 fully saturated rings. The van der Waals surface area contributed by atoms with Gasteiger partial charge in [-0.25, -0.2) is 0 Å². The zero-order chi connectivity index (χ0) is 16.4. The zero-order valence-electron chi connectivity index (χ0n) is 12.9. The van der Waals surface area contributed by atoms with E-state index in [0.717, 1.165) is 38.1 Å². The van der Waals surface area contributed by atoms with Crippen LogP contribution in [0.15, 0.2) is 29.5 Å². The van der Waals surface area contributed by atoms with Gasteiger partial charge in [-0.05, 0) is 32.4 Å². The molecule has 3 nitrogen and oxygen atoms in total. The van der Waals surface area contributed by atoms with Crippen molar-refractivity contribution in [1.29, 1.82) is 0 Å². The number of rotatable bonds is 2. The molecule has 0 unspecified atom stereocenters. The number of hydrogen-bond acceptors (Lipinski definition) is 5. The van der Waals surface area contributed by atoms with E-state index in [1.54, 1.807) is 29.3 Å². The molecule has 2 aromatic rings. The molecule has 1 aliphatic rings. The molecule has 0 bridgehead atoms. The summed E-state index contributed by atoms with van der Waals surface area (Å²) in [6.07, 6.45) is 4.53. The molecule has 3 rings (SSSR count). The van der Waals surface area contributed by atoms with E-state index in [1.807, 2.05) is 25.3 Å². The van der Waals surface area contributed by atoms with Gasteiger partial charge in [0.05, 0.1) is 15.4 Å². The monoisotopic (exact) mass is 361 g/mol. The Bertz CT molecular complexity index is 832. The molecule has 2 N–H and O–H groups in total. The molecule has 6 heteroatoms. The Morgan fingerprint density at radius 2 is 2.17 bits per heavy atom. The van der Waals surface area contributed by atoms with Crippen LogP contribution >= 0.6 is 34.7 Å². The molecule has 0 saturated heterocycles. The van der Waals surface area contributed by atoms with Gasteiger partial charge in [0, 0.05) is 34.2 Å². The number of aliphatic imine (C=N–C) groups is 1. The Morgan fingerprint density at radius 3 is 2.91 bits per heavy atom. The Balaban J connectivity index is 2.03. The highest BCUT2D eigenvalue weighted by Gasteiger charge is 2.33. The van der Waals surface area contributed by atoms with Crippen LogP contribution in [0.5, 0.6) is 0 Å². The third-order valence-corrected chi connectivity index (χ3v) is 6.31. The number of halogens is 1. The first-order valence-corrected chi connectivity index (χ1v) is 9.36. The van der Waals surface area contributed by atoms with Crippen molar-refractivity contribution in [2.75, 3.05) is 5.75 Å². The van der Waals surface area contributed by atoms with Crippen molar-refractivity contribution in [3.05, 3.63) is 40.0 Å². The number of pyridine rings is 1. The van der Waals surface area contributed by atoms with E-state index >= 15 is 0 Å². The lowest BCUT2D eigenvalue weighted by Gasteiger charge is -2.28. The van der Waals surface area contributed by atoms with Crippen LogP contribution in [0.25, 0.3) is 10.4 Å². The van der Waals surface area contributed by atoms with Crippen LogP contribution in [0, 0.1) is 11.8 Å². The van der Waals surface area contributed by atoms with Crippen molar-refractivity contribution in [3.63, 3.8) is 0 Å². The highest BCUT2D eigenvalue weighted by molar-refractivity contribution is 8.13. The van der Waals surface area contributed by atoms with Gasteiger partial charge in [0.15, 0.2) is 5.17 Å². The van der Waals surface area contributed by atoms with Crippen LogP contribution < -0.4 is 5.73 Å². The lowest BCUT2D eigenvalue weighted by Crippen LogP contribution is -2.28. The highest BCUT2D eigenvalue weighted by Crippen LogP contribution is 2.45. The standard InChI is InChI=1S/C17H16ClN3S2/c1-3-4-11-7-12(10-20-9-11)14-8-13(18)15(23-14)17(2)5-6-22-16(19)21-17/h7-10H,5-6H2,1-2H3,(H2,19,21)/t17-/m0/s1. The second-order valence-corrected chi connectivity index (χ2v) is 8.02. The number of nitrogens with zero attached hydrogens (tertiary/aromatic N) is 2. The summed E-state index contributed by atoms with van der Waals surface area (Å²) in [5, 5.41) is 1.37. The minimum atomic E-state index is -0.344. The van der Waals surface area contributed by atoms with E-state index in [1.165, 1.54) is 0 Å². The van der Waals surface area contributed by atoms with Gasteiger partial charge >= 0.3 is 0 Å². The highest BCUT2D eigenvalue weighted by atomic mass is 35.5.